The van der Waals surface area contributed by atoms with Crippen molar-refractivity contribution < 1.29 is 4.74 Å². The summed E-state index contributed by atoms with van der Waals surface area (Å²) in [6.07, 6.45) is 6.89. The van der Waals surface area contributed by atoms with Crippen LogP contribution in [-0.2, 0) is 6.42 Å². The van der Waals surface area contributed by atoms with E-state index in [2.05, 4.69) is 40.4 Å². The van der Waals surface area contributed by atoms with Crippen LogP contribution in [0.2, 0.25) is 0 Å². The largest absolute Gasteiger partial charge is 0.490 e. The number of benzene rings is 1. The first-order valence-corrected chi connectivity index (χ1v) is 8.31. The Kier molecular flexibility index (Phi) is 3.62. The molecule has 0 saturated carbocycles. The van der Waals surface area contributed by atoms with E-state index in [1.165, 1.54) is 23.1 Å². The van der Waals surface area contributed by atoms with E-state index >= 15 is 0 Å². The van der Waals surface area contributed by atoms with Crippen LogP contribution in [0, 0.1) is 0 Å². The highest BCUT2D eigenvalue weighted by Gasteiger charge is 2.19. The average molecular weight is 297 g/mol. The average Bonchev–Trinajstić information content (AvgIpc) is 2.55. The number of anilines is 1. The van der Waals surface area contributed by atoms with Crippen LogP contribution in [0.25, 0.3) is 10.9 Å². The summed E-state index contributed by atoms with van der Waals surface area (Å²) < 4.78 is 6.20. The first-order valence-electron chi connectivity index (χ1n) is 8.31. The van der Waals surface area contributed by atoms with Crippen LogP contribution in [0.1, 0.15) is 24.8 Å². The predicted octanol–water partition coefficient (Wildman–Crippen LogP) is 2.75. The van der Waals surface area contributed by atoms with Gasteiger partial charge in [0.2, 0.25) is 0 Å². The van der Waals surface area contributed by atoms with Crippen LogP contribution < -0.4 is 15.0 Å². The molecule has 2 aromatic rings. The van der Waals surface area contributed by atoms with Gasteiger partial charge in [0.1, 0.15) is 11.9 Å². The Hall–Kier alpha value is -1.81. The molecule has 2 aliphatic rings. The Morgan fingerprint density at radius 3 is 3.00 bits per heavy atom. The molecule has 2 aliphatic heterocycles. The van der Waals surface area contributed by atoms with E-state index in [0.29, 0.717) is 6.10 Å². The molecule has 1 aromatic heterocycles. The van der Waals surface area contributed by atoms with Crippen molar-refractivity contribution in [1.29, 1.82) is 0 Å². The van der Waals surface area contributed by atoms with Crippen molar-refractivity contribution in [2.45, 2.75) is 31.8 Å². The fourth-order valence-corrected chi connectivity index (χ4v) is 3.63. The second-order valence-corrected chi connectivity index (χ2v) is 6.40. The lowest BCUT2D eigenvalue weighted by atomic mass is 10.0. The van der Waals surface area contributed by atoms with E-state index in [9.17, 15) is 0 Å². The van der Waals surface area contributed by atoms with Crippen molar-refractivity contribution in [3.63, 3.8) is 0 Å². The highest BCUT2D eigenvalue weighted by Crippen LogP contribution is 2.35. The van der Waals surface area contributed by atoms with E-state index in [-0.39, 0.29) is 0 Å². The molecule has 116 valence electrons. The monoisotopic (exact) mass is 297 g/mol. The number of nitrogens with zero attached hydrogens (tertiary/aromatic N) is 2. The molecule has 0 spiro atoms. The molecular weight excluding hydrogens is 274 g/mol. The molecule has 4 rings (SSSR count). The van der Waals surface area contributed by atoms with Crippen LogP contribution in [0.4, 0.5) is 5.69 Å². The van der Waals surface area contributed by atoms with Crippen molar-refractivity contribution in [3.8, 4) is 5.75 Å². The maximum absolute atomic E-state index is 6.20. The number of pyridine rings is 1. The number of fused-ring (bicyclic) bond motifs is 3. The predicted molar refractivity (Wildman–Crippen MR) is 89.9 cm³/mol. The normalized spacial score (nSPS) is 19.2. The van der Waals surface area contributed by atoms with Crippen molar-refractivity contribution >= 4 is 16.6 Å². The molecule has 1 aromatic carbocycles. The van der Waals surface area contributed by atoms with E-state index < -0.39 is 0 Å². The van der Waals surface area contributed by atoms with Gasteiger partial charge in [0.15, 0.2) is 0 Å². The van der Waals surface area contributed by atoms with E-state index in [1.807, 2.05) is 6.20 Å². The quantitative estimate of drug-likeness (QED) is 0.925. The zero-order valence-electron chi connectivity index (χ0n) is 13.1. The fraction of sp³-hybridized carbons (Fsp3) is 0.500. The minimum absolute atomic E-state index is 0.337. The molecule has 4 nitrogen and oxygen atoms in total. The molecule has 3 heterocycles. The van der Waals surface area contributed by atoms with Crippen LogP contribution in [0.5, 0.6) is 5.75 Å². The summed E-state index contributed by atoms with van der Waals surface area (Å²) in [5.41, 5.74) is 3.76. The number of piperidine rings is 1. The molecular formula is C18H23N3O. The molecule has 4 heteroatoms. The van der Waals surface area contributed by atoms with Crippen LogP contribution in [0.3, 0.4) is 0 Å². The molecule has 0 bridgehead atoms. The Balaban J connectivity index is 1.71. The standard InChI is InChI=1S/C18H23N3O/c1-21-10-2-3-13-12-20-17-5-4-15(11-16(17)18(13)21)22-14-6-8-19-9-7-14/h4-5,11-12,14,19H,2-3,6-10H2,1H3. The topological polar surface area (TPSA) is 37.4 Å². The zero-order chi connectivity index (χ0) is 14.9. The number of ether oxygens (including phenoxy) is 1. The van der Waals surface area contributed by atoms with Crippen molar-refractivity contribution in [2.75, 3.05) is 31.6 Å². The Morgan fingerprint density at radius 1 is 1.27 bits per heavy atom. The number of aromatic nitrogens is 1. The zero-order valence-corrected chi connectivity index (χ0v) is 13.1. The third kappa shape index (κ3) is 2.52. The van der Waals surface area contributed by atoms with Gasteiger partial charge in [-0.1, -0.05) is 0 Å². The number of hydrogen-bond donors (Lipinski definition) is 1. The molecule has 0 amide bonds. The summed E-state index contributed by atoms with van der Waals surface area (Å²) >= 11 is 0. The Labute approximate surface area is 131 Å². The van der Waals surface area contributed by atoms with E-state index in [4.69, 9.17) is 4.74 Å². The van der Waals surface area contributed by atoms with Gasteiger partial charge >= 0.3 is 0 Å². The van der Waals surface area contributed by atoms with Crippen LogP contribution in [0.15, 0.2) is 24.4 Å². The molecule has 0 aliphatic carbocycles. The lowest BCUT2D eigenvalue weighted by molar-refractivity contribution is 0.162. The minimum atomic E-state index is 0.337. The second kappa shape index (κ2) is 5.76. The SMILES string of the molecule is CN1CCCc2cnc3ccc(OC4CCNCC4)cc3c21. The van der Waals surface area contributed by atoms with Gasteiger partial charge in [0.05, 0.1) is 11.2 Å². The highest BCUT2D eigenvalue weighted by atomic mass is 16.5. The van der Waals surface area contributed by atoms with Gasteiger partial charge in [-0.2, -0.15) is 0 Å². The third-order valence-corrected chi connectivity index (χ3v) is 4.80. The maximum Gasteiger partial charge on any atom is 0.120 e. The second-order valence-electron chi connectivity index (χ2n) is 6.40. The van der Waals surface area contributed by atoms with Crippen molar-refractivity contribution in [2.24, 2.45) is 0 Å². The van der Waals surface area contributed by atoms with Gasteiger partial charge in [-0.25, -0.2) is 0 Å². The molecule has 1 fully saturated rings. The first kappa shape index (κ1) is 13.8. The smallest absolute Gasteiger partial charge is 0.120 e. The highest BCUT2D eigenvalue weighted by molar-refractivity contribution is 5.94. The summed E-state index contributed by atoms with van der Waals surface area (Å²) in [6.45, 7) is 3.22. The van der Waals surface area contributed by atoms with Gasteiger partial charge in [0, 0.05) is 25.2 Å². The van der Waals surface area contributed by atoms with Gasteiger partial charge in [-0.3, -0.25) is 4.98 Å². The molecule has 1 N–H and O–H groups in total. The Morgan fingerprint density at radius 2 is 2.14 bits per heavy atom. The first-order chi connectivity index (χ1) is 10.8. The van der Waals surface area contributed by atoms with Gasteiger partial charge < -0.3 is 15.0 Å². The van der Waals surface area contributed by atoms with Crippen molar-refractivity contribution in [1.82, 2.24) is 10.3 Å². The maximum atomic E-state index is 6.20. The number of nitrogens with one attached hydrogen (secondary N) is 1. The van der Waals surface area contributed by atoms with Crippen LogP contribution in [-0.4, -0.2) is 37.8 Å². The summed E-state index contributed by atoms with van der Waals surface area (Å²) in [5.74, 6) is 0.980. The molecule has 22 heavy (non-hydrogen) atoms. The van der Waals surface area contributed by atoms with Crippen molar-refractivity contribution in [3.05, 3.63) is 30.0 Å². The summed E-state index contributed by atoms with van der Waals surface area (Å²) in [6, 6.07) is 6.34. The summed E-state index contributed by atoms with van der Waals surface area (Å²) in [5, 5.41) is 4.61. The minimum Gasteiger partial charge on any atom is -0.490 e. The third-order valence-electron chi connectivity index (χ3n) is 4.80. The lowest BCUT2D eigenvalue weighted by Crippen LogP contribution is -2.34. The van der Waals surface area contributed by atoms with Gasteiger partial charge in [0.25, 0.3) is 0 Å². The molecule has 0 unspecified atom stereocenters. The van der Waals surface area contributed by atoms with Gasteiger partial charge in [-0.15, -0.1) is 0 Å². The van der Waals surface area contributed by atoms with Gasteiger partial charge in [-0.05, 0) is 62.5 Å². The molecule has 0 atom stereocenters. The van der Waals surface area contributed by atoms with E-state index in [1.54, 1.807) is 0 Å². The number of hydrogen-bond acceptors (Lipinski definition) is 4. The van der Waals surface area contributed by atoms with Crippen LogP contribution >= 0.6 is 0 Å². The van der Waals surface area contributed by atoms with E-state index in [0.717, 1.165) is 50.2 Å². The summed E-state index contributed by atoms with van der Waals surface area (Å²) in [4.78, 5) is 6.98. The fourth-order valence-electron chi connectivity index (χ4n) is 3.63. The number of aryl methyl sites for hydroxylation is 1. The summed E-state index contributed by atoms with van der Waals surface area (Å²) in [7, 11) is 2.18. The lowest BCUT2D eigenvalue weighted by Gasteiger charge is -2.29. The Bertz CT molecular complexity index is 679. The molecule has 0 radical (unpaired) electrons. The number of rotatable bonds is 2. The molecule has 1 saturated heterocycles.